The first kappa shape index (κ1) is 12.9. The van der Waals surface area contributed by atoms with Crippen molar-refractivity contribution in [2.75, 3.05) is 31.2 Å². The van der Waals surface area contributed by atoms with Crippen LogP contribution in [0.25, 0.3) is 0 Å². The van der Waals surface area contributed by atoms with E-state index in [1.807, 2.05) is 31.2 Å². The van der Waals surface area contributed by atoms with E-state index in [-0.39, 0.29) is 18.6 Å². The molecule has 1 unspecified atom stereocenters. The summed E-state index contributed by atoms with van der Waals surface area (Å²) in [6, 6.07) is 7.49. The fourth-order valence-corrected chi connectivity index (χ4v) is 1.99. The Morgan fingerprint density at radius 1 is 1.50 bits per heavy atom. The van der Waals surface area contributed by atoms with Crippen molar-refractivity contribution in [3.05, 3.63) is 24.3 Å². The van der Waals surface area contributed by atoms with Crippen LogP contribution in [0.5, 0.6) is 5.75 Å². The third-order valence-corrected chi connectivity index (χ3v) is 2.86. The van der Waals surface area contributed by atoms with Gasteiger partial charge in [0, 0.05) is 13.2 Å². The van der Waals surface area contributed by atoms with E-state index in [2.05, 4.69) is 0 Å². The first-order valence-electron chi connectivity index (χ1n) is 6.10. The highest BCUT2D eigenvalue weighted by molar-refractivity contribution is 5.97. The third-order valence-electron chi connectivity index (χ3n) is 2.86. The largest absolute Gasteiger partial charge is 0.482 e. The lowest BCUT2D eigenvalue weighted by molar-refractivity contribution is -0.121. The molecular weight excluding hydrogens is 232 g/mol. The number of para-hydroxylation sites is 2. The van der Waals surface area contributed by atoms with Gasteiger partial charge in [-0.3, -0.25) is 4.79 Å². The summed E-state index contributed by atoms with van der Waals surface area (Å²) in [5.41, 5.74) is 6.43. The smallest absolute Gasteiger partial charge is 0.265 e. The second-order valence-corrected chi connectivity index (χ2v) is 4.07. The topological polar surface area (TPSA) is 64.8 Å². The van der Waals surface area contributed by atoms with Crippen molar-refractivity contribution in [2.45, 2.75) is 13.0 Å². The molecule has 5 heteroatoms. The molecule has 0 aliphatic carbocycles. The van der Waals surface area contributed by atoms with Gasteiger partial charge in [-0.15, -0.1) is 0 Å². The molecule has 0 aromatic heterocycles. The number of ether oxygens (including phenoxy) is 2. The van der Waals surface area contributed by atoms with Crippen molar-refractivity contribution < 1.29 is 14.3 Å². The average Bonchev–Trinajstić information content (AvgIpc) is 2.41. The third kappa shape index (κ3) is 2.63. The molecule has 1 aliphatic heterocycles. The van der Waals surface area contributed by atoms with Crippen LogP contribution in [0.1, 0.15) is 6.92 Å². The number of fused-ring (bicyclic) bond motifs is 1. The quantitative estimate of drug-likeness (QED) is 0.838. The molecule has 2 rings (SSSR count). The van der Waals surface area contributed by atoms with Crippen LogP contribution in [0, 0.1) is 0 Å². The van der Waals surface area contributed by atoms with Crippen LogP contribution in [-0.2, 0) is 9.53 Å². The molecule has 0 saturated carbocycles. The molecule has 1 amide bonds. The molecule has 0 spiro atoms. The van der Waals surface area contributed by atoms with Gasteiger partial charge in [0.1, 0.15) is 5.75 Å². The lowest BCUT2D eigenvalue weighted by Gasteiger charge is -2.31. The van der Waals surface area contributed by atoms with E-state index in [9.17, 15) is 4.79 Å². The number of benzene rings is 1. The Labute approximate surface area is 106 Å². The summed E-state index contributed by atoms with van der Waals surface area (Å²) in [5.74, 6) is 0.663. The van der Waals surface area contributed by atoms with E-state index < -0.39 is 0 Å². The monoisotopic (exact) mass is 250 g/mol. The van der Waals surface area contributed by atoms with Crippen molar-refractivity contribution in [1.29, 1.82) is 0 Å². The molecule has 0 fully saturated rings. The molecule has 2 N–H and O–H groups in total. The minimum atomic E-state index is -0.148. The standard InChI is InChI=1S/C13H18N2O3/c1-2-17-10(7-14)8-15-11-5-3-4-6-12(11)18-9-13(15)16/h3-6,10H,2,7-9,14H2,1H3. The molecule has 0 radical (unpaired) electrons. The van der Waals surface area contributed by atoms with Crippen LogP contribution in [0.4, 0.5) is 5.69 Å². The number of hydrogen-bond donors (Lipinski definition) is 1. The zero-order chi connectivity index (χ0) is 13.0. The highest BCUT2D eigenvalue weighted by Crippen LogP contribution is 2.31. The maximum atomic E-state index is 11.9. The summed E-state index contributed by atoms with van der Waals surface area (Å²) in [6.07, 6.45) is -0.148. The predicted octanol–water partition coefficient (Wildman–Crippen LogP) is 0.776. The van der Waals surface area contributed by atoms with Gasteiger partial charge in [-0.05, 0) is 19.1 Å². The van der Waals surface area contributed by atoms with Gasteiger partial charge < -0.3 is 20.1 Å². The molecule has 1 aromatic carbocycles. The Hall–Kier alpha value is -1.59. The van der Waals surface area contributed by atoms with Crippen LogP contribution in [-0.4, -0.2) is 38.3 Å². The van der Waals surface area contributed by atoms with Crippen molar-refractivity contribution in [3.8, 4) is 5.75 Å². The number of amides is 1. The average molecular weight is 250 g/mol. The normalized spacial score (nSPS) is 16.1. The molecule has 0 saturated heterocycles. The van der Waals surface area contributed by atoms with Gasteiger partial charge in [0.25, 0.3) is 5.91 Å². The zero-order valence-corrected chi connectivity index (χ0v) is 10.5. The maximum Gasteiger partial charge on any atom is 0.265 e. The van der Waals surface area contributed by atoms with Gasteiger partial charge >= 0.3 is 0 Å². The summed E-state index contributed by atoms with van der Waals surface area (Å²) in [5, 5.41) is 0. The summed E-state index contributed by atoms with van der Waals surface area (Å²) < 4.78 is 10.9. The number of carbonyl (C=O) groups is 1. The number of nitrogens with zero attached hydrogens (tertiary/aromatic N) is 1. The highest BCUT2D eigenvalue weighted by Gasteiger charge is 2.27. The van der Waals surface area contributed by atoms with Gasteiger partial charge in [-0.2, -0.15) is 0 Å². The van der Waals surface area contributed by atoms with Gasteiger partial charge in [0.05, 0.1) is 18.3 Å². The van der Waals surface area contributed by atoms with E-state index in [0.29, 0.717) is 19.7 Å². The van der Waals surface area contributed by atoms with Crippen molar-refractivity contribution >= 4 is 11.6 Å². The van der Waals surface area contributed by atoms with Crippen LogP contribution < -0.4 is 15.4 Å². The summed E-state index contributed by atoms with van der Waals surface area (Å²) >= 11 is 0. The molecule has 98 valence electrons. The van der Waals surface area contributed by atoms with E-state index in [1.54, 1.807) is 4.90 Å². The number of rotatable bonds is 5. The van der Waals surface area contributed by atoms with Gasteiger partial charge in [-0.1, -0.05) is 12.1 Å². The summed E-state index contributed by atoms with van der Waals surface area (Å²) in [7, 11) is 0. The van der Waals surface area contributed by atoms with E-state index in [4.69, 9.17) is 15.2 Å². The number of nitrogens with two attached hydrogens (primary N) is 1. The Morgan fingerprint density at radius 2 is 2.28 bits per heavy atom. The molecule has 0 bridgehead atoms. The number of carbonyl (C=O) groups excluding carboxylic acids is 1. The maximum absolute atomic E-state index is 11.9. The van der Waals surface area contributed by atoms with Crippen LogP contribution in [0.15, 0.2) is 24.3 Å². The molecular formula is C13H18N2O3. The van der Waals surface area contributed by atoms with Gasteiger partial charge in [-0.25, -0.2) is 0 Å². The summed E-state index contributed by atoms with van der Waals surface area (Å²) in [6.45, 7) is 3.42. The second kappa shape index (κ2) is 5.84. The minimum Gasteiger partial charge on any atom is -0.482 e. The molecule has 5 nitrogen and oxygen atoms in total. The van der Waals surface area contributed by atoms with Crippen LogP contribution >= 0.6 is 0 Å². The fourth-order valence-electron chi connectivity index (χ4n) is 1.99. The number of hydrogen-bond acceptors (Lipinski definition) is 4. The van der Waals surface area contributed by atoms with Crippen molar-refractivity contribution in [1.82, 2.24) is 0 Å². The molecule has 1 aliphatic rings. The van der Waals surface area contributed by atoms with Gasteiger partial charge in [0.2, 0.25) is 0 Å². The molecule has 18 heavy (non-hydrogen) atoms. The number of anilines is 1. The molecule has 1 aromatic rings. The van der Waals surface area contributed by atoms with Crippen LogP contribution in [0.2, 0.25) is 0 Å². The lowest BCUT2D eigenvalue weighted by atomic mass is 10.2. The first-order valence-corrected chi connectivity index (χ1v) is 6.10. The Bertz CT molecular complexity index is 422. The molecule has 1 heterocycles. The van der Waals surface area contributed by atoms with Gasteiger partial charge in [0.15, 0.2) is 6.61 Å². The van der Waals surface area contributed by atoms with E-state index in [0.717, 1.165) is 11.4 Å². The highest BCUT2D eigenvalue weighted by atomic mass is 16.5. The Morgan fingerprint density at radius 3 is 3.00 bits per heavy atom. The molecule has 1 atom stereocenters. The predicted molar refractivity (Wildman–Crippen MR) is 68.8 cm³/mol. The second-order valence-electron chi connectivity index (χ2n) is 4.07. The van der Waals surface area contributed by atoms with E-state index in [1.165, 1.54) is 0 Å². The minimum absolute atomic E-state index is 0.0631. The Balaban J connectivity index is 2.18. The fraction of sp³-hybridized carbons (Fsp3) is 0.462. The SMILES string of the molecule is CCOC(CN)CN1C(=O)COc2ccccc21. The zero-order valence-electron chi connectivity index (χ0n) is 10.5. The van der Waals surface area contributed by atoms with E-state index >= 15 is 0 Å². The van der Waals surface area contributed by atoms with Crippen molar-refractivity contribution in [3.63, 3.8) is 0 Å². The summed E-state index contributed by atoms with van der Waals surface area (Å²) in [4.78, 5) is 13.6. The van der Waals surface area contributed by atoms with Crippen molar-refractivity contribution in [2.24, 2.45) is 5.73 Å². The first-order chi connectivity index (χ1) is 8.76. The Kier molecular flexibility index (Phi) is 4.17. The lowest BCUT2D eigenvalue weighted by Crippen LogP contribution is -2.45. The van der Waals surface area contributed by atoms with Crippen LogP contribution in [0.3, 0.4) is 0 Å².